The molecular weight excluding hydrogens is 465 g/mol. The van der Waals surface area contributed by atoms with E-state index in [2.05, 4.69) is 26.4 Å². The highest BCUT2D eigenvalue weighted by molar-refractivity contribution is 7.03. The van der Waals surface area contributed by atoms with Crippen molar-refractivity contribution >= 4 is 46.7 Å². The molecule has 0 saturated heterocycles. The number of halogens is 2. The third kappa shape index (κ3) is 3.75. The molecule has 0 saturated carbocycles. The van der Waals surface area contributed by atoms with E-state index in [9.17, 15) is 9.18 Å². The van der Waals surface area contributed by atoms with Gasteiger partial charge in [0.1, 0.15) is 28.1 Å². The number of nitrogens with zero attached hydrogens (tertiary/aromatic N) is 3. The first-order valence-corrected chi connectivity index (χ1v) is 11.0. The Balaban J connectivity index is 1.70. The predicted octanol–water partition coefficient (Wildman–Crippen LogP) is 2.94. The summed E-state index contributed by atoms with van der Waals surface area (Å²) < 4.78 is 26.8. The van der Waals surface area contributed by atoms with Crippen molar-refractivity contribution in [3.63, 3.8) is 0 Å². The second kappa shape index (κ2) is 8.34. The van der Waals surface area contributed by atoms with Crippen LogP contribution in [-0.2, 0) is 13.7 Å². The second-order valence-electron chi connectivity index (χ2n) is 7.40. The molecule has 0 aliphatic rings. The number of aromatic nitrogens is 5. The molecule has 3 aromatic heterocycles. The summed E-state index contributed by atoms with van der Waals surface area (Å²) in [5.74, 6) is 0.115. The van der Waals surface area contributed by atoms with Crippen LogP contribution in [0.1, 0.15) is 11.1 Å². The highest BCUT2D eigenvalue weighted by Gasteiger charge is 2.14. The van der Waals surface area contributed by atoms with Crippen molar-refractivity contribution < 1.29 is 9.13 Å². The molecule has 0 aliphatic carbocycles. The molecule has 10 heteroatoms. The summed E-state index contributed by atoms with van der Waals surface area (Å²) in [6.07, 6.45) is 3.68. The first kappa shape index (κ1) is 21.2. The van der Waals surface area contributed by atoms with Crippen LogP contribution in [-0.4, -0.2) is 24.4 Å². The van der Waals surface area contributed by atoms with E-state index in [1.165, 1.54) is 6.07 Å². The van der Waals surface area contributed by atoms with Gasteiger partial charge in [0.15, 0.2) is 0 Å². The standard InChI is InChI=1S/C23H17ClFN5O2S/c1-12-22(33-29-26-12)21-14(23(31)28-27-21)9-13-10-30(2)18-7-4-8-19(20(13)18)32-11-15-16(24)5-3-6-17(15)25/h3-10,27H,1,11H2,2H3,(H,28,31)/b14-9-,22-21-. The molecule has 5 rings (SSSR count). The minimum Gasteiger partial charge on any atom is -0.488 e. The van der Waals surface area contributed by atoms with Gasteiger partial charge in [-0.1, -0.05) is 34.8 Å². The second-order valence-corrected chi connectivity index (χ2v) is 8.56. The van der Waals surface area contributed by atoms with Gasteiger partial charge in [-0.15, -0.1) is 5.10 Å². The SMILES string of the molecule is C=c1nns/c1=c1\[nH][nH]c(=O)\c1=C/c1cn(C)c2cccc(OCc3c(F)cccc3Cl)c12. The molecule has 166 valence electrons. The van der Waals surface area contributed by atoms with Crippen LogP contribution in [0.5, 0.6) is 5.75 Å². The maximum absolute atomic E-state index is 14.2. The summed E-state index contributed by atoms with van der Waals surface area (Å²) in [4.78, 5) is 12.6. The number of hydrogen-bond donors (Lipinski definition) is 2. The van der Waals surface area contributed by atoms with E-state index in [0.717, 1.165) is 28.0 Å². The van der Waals surface area contributed by atoms with Crippen molar-refractivity contribution in [3.05, 3.63) is 95.4 Å². The molecule has 5 aromatic rings. The third-order valence-corrected chi connectivity index (χ3v) is 6.48. The van der Waals surface area contributed by atoms with E-state index in [0.29, 0.717) is 31.2 Å². The largest absolute Gasteiger partial charge is 0.488 e. The molecule has 0 bridgehead atoms. The minimum absolute atomic E-state index is 0.0354. The first-order chi connectivity index (χ1) is 15.9. The van der Waals surface area contributed by atoms with Gasteiger partial charge in [-0.3, -0.25) is 15.0 Å². The summed E-state index contributed by atoms with van der Waals surface area (Å²) in [5.41, 5.74) is 1.65. The molecule has 0 fully saturated rings. The number of rotatable bonds is 4. The van der Waals surface area contributed by atoms with E-state index < -0.39 is 5.82 Å². The van der Waals surface area contributed by atoms with Crippen LogP contribution in [0.25, 0.3) is 23.6 Å². The van der Waals surface area contributed by atoms with Gasteiger partial charge in [0.05, 0.1) is 21.1 Å². The Morgan fingerprint density at radius 1 is 1.27 bits per heavy atom. The van der Waals surface area contributed by atoms with E-state index in [4.69, 9.17) is 16.3 Å². The molecule has 33 heavy (non-hydrogen) atoms. The monoisotopic (exact) mass is 481 g/mol. The molecule has 0 aliphatic heterocycles. The lowest BCUT2D eigenvalue weighted by Gasteiger charge is -2.10. The van der Waals surface area contributed by atoms with Gasteiger partial charge < -0.3 is 9.30 Å². The molecular formula is C23H17ClFN5O2S. The highest BCUT2D eigenvalue weighted by atomic mass is 35.5. The molecule has 3 heterocycles. The Hall–Kier alpha value is -3.69. The van der Waals surface area contributed by atoms with E-state index in [-0.39, 0.29) is 17.7 Å². The highest BCUT2D eigenvalue weighted by Crippen LogP contribution is 2.32. The van der Waals surface area contributed by atoms with Crippen LogP contribution >= 0.6 is 23.1 Å². The van der Waals surface area contributed by atoms with Gasteiger partial charge in [0.25, 0.3) is 5.56 Å². The number of benzene rings is 2. The Morgan fingerprint density at radius 3 is 2.85 bits per heavy atom. The summed E-state index contributed by atoms with van der Waals surface area (Å²) in [6.45, 7) is 3.84. The molecule has 2 N–H and O–H groups in total. The number of ether oxygens (including phenoxy) is 1. The topological polar surface area (TPSA) is 88.6 Å². The molecule has 0 amide bonds. The lowest BCUT2D eigenvalue weighted by atomic mass is 10.1. The number of nitrogens with one attached hydrogen (secondary N) is 2. The third-order valence-electron chi connectivity index (χ3n) is 5.34. The van der Waals surface area contributed by atoms with Crippen molar-refractivity contribution in [1.82, 2.24) is 24.4 Å². The maximum Gasteiger partial charge on any atom is 0.271 e. The fourth-order valence-corrected chi connectivity index (χ4v) is 4.57. The van der Waals surface area contributed by atoms with Gasteiger partial charge in [0, 0.05) is 29.8 Å². The van der Waals surface area contributed by atoms with Crippen molar-refractivity contribution in [3.8, 4) is 5.75 Å². The number of fused-ring (bicyclic) bond motifs is 1. The summed E-state index contributed by atoms with van der Waals surface area (Å²) in [5, 5.41) is 12.0. The lowest BCUT2D eigenvalue weighted by Crippen LogP contribution is -2.22. The Bertz CT molecular complexity index is 1750. The van der Waals surface area contributed by atoms with Gasteiger partial charge in [-0.2, -0.15) is 0 Å². The Labute approximate surface area is 194 Å². The van der Waals surface area contributed by atoms with Crippen molar-refractivity contribution in [1.29, 1.82) is 0 Å². The van der Waals surface area contributed by atoms with Gasteiger partial charge in [-0.05, 0) is 41.9 Å². The van der Waals surface area contributed by atoms with Gasteiger partial charge in [-0.25, -0.2) is 4.39 Å². The van der Waals surface area contributed by atoms with Crippen molar-refractivity contribution in [2.24, 2.45) is 7.05 Å². The summed E-state index contributed by atoms with van der Waals surface area (Å²) in [7, 11) is 1.90. The molecule has 7 nitrogen and oxygen atoms in total. The Kier molecular flexibility index (Phi) is 5.35. The zero-order valence-corrected chi connectivity index (χ0v) is 18.9. The van der Waals surface area contributed by atoms with Crippen LogP contribution in [0.3, 0.4) is 0 Å². The number of H-pyrrole nitrogens is 2. The quantitative estimate of drug-likeness (QED) is 0.413. The van der Waals surface area contributed by atoms with E-state index >= 15 is 0 Å². The average molecular weight is 482 g/mol. The zero-order valence-electron chi connectivity index (χ0n) is 17.4. The fourth-order valence-electron chi connectivity index (χ4n) is 3.73. The van der Waals surface area contributed by atoms with Crippen molar-refractivity contribution in [2.45, 2.75) is 6.61 Å². The van der Waals surface area contributed by atoms with Crippen molar-refractivity contribution in [2.75, 3.05) is 0 Å². The number of aryl methyl sites for hydroxylation is 1. The van der Waals surface area contributed by atoms with Crippen LogP contribution in [0.15, 0.2) is 47.4 Å². The van der Waals surface area contributed by atoms with Crippen LogP contribution in [0, 0.1) is 15.7 Å². The normalized spacial score (nSPS) is 13.1. The van der Waals surface area contributed by atoms with Gasteiger partial charge >= 0.3 is 0 Å². The molecule has 0 atom stereocenters. The van der Waals surface area contributed by atoms with E-state index in [1.807, 2.05) is 29.9 Å². The molecule has 0 spiro atoms. The fraction of sp³-hybridized carbons (Fsp3) is 0.0870. The van der Waals surface area contributed by atoms with E-state index in [1.54, 1.807) is 24.3 Å². The first-order valence-electron chi connectivity index (χ1n) is 9.88. The number of hydrogen-bond acceptors (Lipinski definition) is 5. The van der Waals surface area contributed by atoms with Crippen LogP contribution in [0.2, 0.25) is 5.02 Å². The smallest absolute Gasteiger partial charge is 0.271 e. The van der Waals surface area contributed by atoms with Crippen LogP contribution in [0.4, 0.5) is 4.39 Å². The summed E-state index contributed by atoms with van der Waals surface area (Å²) >= 11 is 7.30. The molecule has 2 aromatic carbocycles. The maximum atomic E-state index is 14.2. The molecule has 0 radical (unpaired) electrons. The lowest BCUT2D eigenvalue weighted by molar-refractivity contribution is 0.303. The number of aromatic amines is 2. The molecule has 0 unspecified atom stereocenters. The average Bonchev–Trinajstić information content (AvgIpc) is 3.46. The minimum atomic E-state index is -0.430. The predicted molar refractivity (Wildman–Crippen MR) is 126 cm³/mol. The van der Waals surface area contributed by atoms with Crippen LogP contribution < -0.4 is 20.9 Å². The van der Waals surface area contributed by atoms with Gasteiger partial charge in [0.2, 0.25) is 0 Å². The zero-order chi connectivity index (χ0) is 23.1. The Morgan fingerprint density at radius 2 is 2.09 bits per heavy atom. The summed E-state index contributed by atoms with van der Waals surface area (Å²) in [6, 6.07) is 10.1.